The Bertz CT molecular complexity index is 906. The number of aryl methyl sites for hydroxylation is 1. The van der Waals surface area contributed by atoms with Gasteiger partial charge in [0.15, 0.2) is 0 Å². The summed E-state index contributed by atoms with van der Waals surface area (Å²) >= 11 is 0. The van der Waals surface area contributed by atoms with E-state index in [0.717, 1.165) is 22.8 Å². The van der Waals surface area contributed by atoms with Gasteiger partial charge in [-0.3, -0.25) is 4.99 Å². The number of carbonyl (C=O) groups excluding carboxylic acids is 1. The van der Waals surface area contributed by atoms with Gasteiger partial charge >= 0.3 is 6.03 Å². The van der Waals surface area contributed by atoms with Crippen molar-refractivity contribution in [3.63, 3.8) is 0 Å². The Kier molecular flexibility index (Phi) is 5.33. The van der Waals surface area contributed by atoms with E-state index in [-0.39, 0.29) is 24.0 Å². The van der Waals surface area contributed by atoms with Gasteiger partial charge in [-0.1, -0.05) is 12.1 Å². The summed E-state index contributed by atoms with van der Waals surface area (Å²) in [5, 5.41) is 3.02. The first-order valence-corrected chi connectivity index (χ1v) is 9.70. The van der Waals surface area contributed by atoms with Crippen LogP contribution in [0.5, 0.6) is 5.75 Å². The first-order chi connectivity index (χ1) is 14.0. The van der Waals surface area contributed by atoms with Crippen LogP contribution in [0, 0.1) is 12.7 Å². The number of aromatic nitrogens is 1. The largest absolute Gasteiger partial charge is 0.484 e. The van der Waals surface area contributed by atoms with Crippen LogP contribution in [0.1, 0.15) is 12.5 Å². The molecule has 0 spiro atoms. The summed E-state index contributed by atoms with van der Waals surface area (Å²) in [6, 6.07) is 8.87. The van der Waals surface area contributed by atoms with Gasteiger partial charge in [-0.15, -0.1) is 0 Å². The van der Waals surface area contributed by atoms with Gasteiger partial charge < -0.3 is 19.9 Å². The van der Waals surface area contributed by atoms with Crippen LogP contribution in [0.4, 0.5) is 20.7 Å². The molecule has 7 nitrogen and oxygen atoms in total. The molecule has 0 atom stereocenters. The van der Waals surface area contributed by atoms with Gasteiger partial charge in [-0.2, -0.15) is 0 Å². The smallest absolute Gasteiger partial charge is 0.317 e. The maximum absolute atomic E-state index is 12.9. The van der Waals surface area contributed by atoms with E-state index in [4.69, 9.17) is 4.74 Å². The highest BCUT2D eigenvalue weighted by molar-refractivity contribution is 5.76. The van der Waals surface area contributed by atoms with E-state index < -0.39 is 0 Å². The van der Waals surface area contributed by atoms with Gasteiger partial charge in [0, 0.05) is 19.3 Å². The van der Waals surface area contributed by atoms with Crippen molar-refractivity contribution in [2.45, 2.75) is 26.0 Å². The van der Waals surface area contributed by atoms with Gasteiger partial charge in [0.1, 0.15) is 29.2 Å². The Balaban J connectivity index is 1.22. The molecule has 2 aromatic rings. The van der Waals surface area contributed by atoms with Crippen LogP contribution in [-0.4, -0.2) is 60.5 Å². The number of pyridine rings is 1. The van der Waals surface area contributed by atoms with Crippen LogP contribution in [0.3, 0.4) is 0 Å². The number of likely N-dealkylation sites (tertiary alicyclic amines) is 1. The molecule has 0 bridgehead atoms. The van der Waals surface area contributed by atoms with Crippen molar-refractivity contribution in [2.24, 2.45) is 4.99 Å². The van der Waals surface area contributed by atoms with Gasteiger partial charge in [0.05, 0.1) is 25.3 Å². The van der Waals surface area contributed by atoms with E-state index in [0.29, 0.717) is 26.2 Å². The second-order valence-corrected chi connectivity index (χ2v) is 7.34. The van der Waals surface area contributed by atoms with Crippen molar-refractivity contribution in [1.82, 2.24) is 15.2 Å². The lowest BCUT2D eigenvalue weighted by Gasteiger charge is -2.44. The number of ether oxygens (including phenoxy) is 1. The highest BCUT2D eigenvalue weighted by atomic mass is 19.1. The van der Waals surface area contributed by atoms with Gasteiger partial charge in [-0.25, -0.2) is 14.2 Å². The molecule has 4 rings (SSSR count). The number of amides is 2. The summed E-state index contributed by atoms with van der Waals surface area (Å²) in [6.07, 6.45) is 2.92. The minimum atomic E-state index is -0.354. The van der Waals surface area contributed by atoms with Crippen LogP contribution < -0.4 is 15.0 Å². The summed E-state index contributed by atoms with van der Waals surface area (Å²) in [5.74, 6) is 1.11. The number of carbonyl (C=O) groups is 1. The van der Waals surface area contributed by atoms with Crippen LogP contribution in [0.25, 0.3) is 0 Å². The monoisotopic (exact) mass is 397 g/mol. The Morgan fingerprint density at radius 3 is 2.76 bits per heavy atom. The van der Waals surface area contributed by atoms with Crippen molar-refractivity contribution >= 4 is 23.8 Å². The normalized spacial score (nSPS) is 17.2. The number of benzene rings is 1. The molecule has 0 unspecified atom stereocenters. The van der Waals surface area contributed by atoms with E-state index in [1.54, 1.807) is 17.2 Å². The molecule has 2 amide bonds. The summed E-state index contributed by atoms with van der Waals surface area (Å²) in [4.78, 5) is 24.6. The number of aliphatic imine (C=N–C) groups is 1. The number of nitrogens with zero attached hydrogens (tertiary/aromatic N) is 4. The lowest BCUT2D eigenvalue weighted by atomic mass is 10.1. The van der Waals surface area contributed by atoms with Crippen LogP contribution in [0.2, 0.25) is 0 Å². The summed E-state index contributed by atoms with van der Waals surface area (Å²) in [6.45, 7) is 6.30. The first-order valence-electron chi connectivity index (χ1n) is 9.70. The maximum atomic E-state index is 12.9. The molecule has 1 aromatic heterocycles. The van der Waals surface area contributed by atoms with Crippen molar-refractivity contribution in [1.29, 1.82) is 0 Å². The number of rotatable bonds is 5. The summed E-state index contributed by atoms with van der Waals surface area (Å²) < 4.78 is 19.0. The topological polar surface area (TPSA) is 70.1 Å². The van der Waals surface area contributed by atoms with E-state index in [1.807, 2.05) is 36.9 Å². The lowest BCUT2D eigenvalue weighted by molar-refractivity contribution is 0.0434. The van der Waals surface area contributed by atoms with Crippen molar-refractivity contribution < 1.29 is 13.9 Å². The second-order valence-electron chi connectivity index (χ2n) is 7.34. The zero-order chi connectivity index (χ0) is 20.4. The molecule has 2 fully saturated rings. The van der Waals surface area contributed by atoms with Crippen LogP contribution >= 0.6 is 0 Å². The molecule has 2 aliphatic heterocycles. The number of nitrogens with one attached hydrogen (secondary N) is 1. The molecule has 1 N–H and O–H groups in total. The number of hydrogen-bond donors (Lipinski definition) is 1. The minimum absolute atomic E-state index is 0.0327. The Morgan fingerprint density at radius 2 is 2.07 bits per heavy atom. The van der Waals surface area contributed by atoms with E-state index in [9.17, 15) is 9.18 Å². The fraction of sp³-hybridized carbons (Fsp3) is 0.381. The number of anilines is 1. The summed E-state index contributed by atoms with van der Waals surface area (Å²) in [7, 11) is 0. The molecule has 3 heterocycles. The standard InChI is InChI=1S/C21H24FN5O2/c1-3-23-20-14(2)5-4-6-18(20)29-17-12-27(13-17)21(28)25-16-10-26(11-16)19-8-7-15(22)9-24-19/h3-9,16-17H,10-13H2,1-2H3,(H,25,28)/b23-3-. The lowest BCUT2D eigenvalue weighted by Crippen LogP contribution is -2.65. The molecule has 1 aromatic carbocycles. The van der Waals surface area contributed by atoms with Crippen molar-refractivity contribution in [3.05, 3.63) is 47.9 Å². The number of para-hydroxylation sites is 1. The molecular formula is C21H24FN5O2. The fourth-order valence-corrected chi connectivity index (χ4v) is 3.46. The highest BCUT2D eigenvalue weighted by Gasteiger charge is 2.36. The van der Waals surface area contributed by atoms with Crippen molar-refractivity contribution in [2.75, 3.05) is 31.1 Å². The molecule has 152 valence electrons. The molecular weight excluding hydrogens is 373 g/mol. The molecule has 29 heavy (non-hydrogen) atoms. The third-order valence-electron chi connectivity index (χ3n) is 5.13. The number of hydrogen-bond acceptors (Lipinski definition) is 5. The second kappa shape index (κ2) is 8.06. The maximum Gasteiger partial charge on any atom is 0.317 e. The van der Waals surface area contributed by atoms with Crippen LogP contribution in [0.15, 0.2) is 41.5 Å². The predicted octanol–water partition coefficient (Wildman–Crippen LogP) is 2.91. The molecule has 8 heteroatoms. The third kappa shape index (κ3) is 4.16. The van der Waals surface area contributed by atoms with Gasteiger partial charge in [-0.05, 0) is 37.6 Å². The minimum Gasteiger partial charge on any atom is -0.484 e. The number of halogens is 1. The fourth-order valence-electron chi connectivity index (χ4n) is 3.46. The molecule has 2 aliphatic rings. The zero-order valence-electron chi connectivity index (χ0n) is 16.5. The van der Waals surface area contributed by atoms with E-state index in [2.05, 4.69) is 15.3 Å². The van der Waals surface area contributed by atoms with Crippen molar-refractivity contribution in [3.8, 4) is 5.75 Å². The quantitative estimate of drug-likeness (QED) is 0.788. The molecule has 0 aliphatic carbocycles. The Hall–Kier alpha value is -3.16. The molecule has 0 radical (unpaired) electrons. The Morgan fingerprint density at radius 1 is 1.28 bits per heavy atom. The summed E-state index contributed by atoms with van der Waals surface area (Å²) in [5.41, 5.74) is 1.89. The van der Waals surface area contributed by atoms with E-state index >= 15 is 0 Å². The third-order valence-corrected chi connectivity index (χ3v) is 5.13. The predicted molar refractivity (Wildman–Crippen MR) is 110 cm³/mol. The average molecular weight is 397 g/mol. The molecule has 0 saturated carbocycles. The van der Waals surface area contributed by atoms with Crippen LogP contribution in [-0.2, 0) is 0 Å². The SMILES string of the molecule is C/C=N\c1c(C)cccc1OC1CN(C(=O)NC2CN(c3ccc(F)cn3)C2)C1. The zero-order valence-corrected chi connectivity index (χ0v) is 16.5. The highest BCUT2D eigenvalue weighted by Crippen LogP contribution is 2.32. The van der Waals surface area contributed by atoms with Gasteiger partial charge in [0.2, 0.25) is 0 Å². The Labute approximate surface area is 169 Å². The number of urea groups is 1. The first kappa shape index (κ1) is 19.2. The van der Waals surface area contributed by atoms with E-state index in [1.165, 1.54) is 12.3 Å². The average Bonchev–Trinajstić information content (AvgIpc) is 2.64. The van der Waals surface area contributed by atoms with Gasteiger partial charge in [0.25, 0.3) is 0 Å². The molecule has 2 saturated heterocycles.